The number of amides is 1. The third-order valence-electron chi connectivity index (χ3n) is 4.68. The zero-order chi connectivity index (χ0) is 16.0. The minimum Gasteiger partial charge on any atom is -0.379 e. The number of hydrogen-bond acceptors (Lipinski definition) is 6. The van der Waals surface area contributed by atoms with Crippen LogP contribution in [-0.4, -0.2) is 66.6 Å². The highest BCUT2D eigenvalue weighted by Gasteiger charge is 2.33. The number of rotatable bonds is 1. The van der Waals surface area contributed by atoms with E-state index < -0.39 is 0 Å². The molecule has 7 heteroatoms. The highest BCUT2D eigenvalue weighted by molar-refractivity contribution is 7.22. The molecule has 1 amide bonds. The smallest absolute Gasteiger partial charge is 0.253 e. The average Bonchev–Trinajstić information content (AvgIpc) is 2.68. The van der Waals surface area contributed by atoms with Gasteiger partial charge in [-0.05, 0) is 25.2 Å². The van der Waals surface area contributed by atoms with Crippen molar-refractivity contribution in [3.05, 3.63) is 23.8 Å². The van der Waals surface area contributed by atoms with Crippen LogP contribution in [-0.2, 0) is 4.74 Å². The molecule has 3 heterocycles. The summed E-state index contributed by atoms with van der Waals surface area (Å²) in [4.78, 5) is 21.5. The van der Waals surface area contributed by atoms with E-state index >= 15 is 0 Å². The van der Waals surface area contributed by atoms with Crippen LogP contribution in [0.25, 0.3) is 10.2 Å². The Bertz CT molecular complexity index is 747. The van der Waals surface area contributed by atoms with Crippen molar-refractivity contribution in [2.75, 3.05) is 45.6 Å². The van der Waals surface area contributed by atoms with Gasteiger partial charge in [-0.15, -0.1) is 0 Å². The van der Waals surface area contributed by atoms with Crippen LogP contribution < -0.4 is 5.73 Å². The Kier molecular flexibility index (Phi) is 3.71. The monoisotopic (exact) mass is 332 g/mol. The molecular weight excluding hydrogens is 312 g/mol. The molecule has 2 aliphatic rings. The third-order valence-corrected chi connectivity index (χ3v) is 5.55. The predicted octanol–water partition coefficient (Wildman–Crippen LogP) is 1.28. The van der Waals surface area contributed by atoms with Crippen molar-refractivity contribution >= 4 is 32.6 Å². The quantitative estimate of drug-likeness (QED) is 0.852. The van der Waals surface area contributed by atoms with Crippen molar-refractivity contribution in [1.82, 2.24) is 14.8 Å². The second-order valence-corrected chi connectivity index (χ2v) is 7.50. The Morgan fingerprint density at radius 1 is 1.35 bits per heavy atom. The van der Waals surface area contributed by atoms with Gasteiger partial charge in [-0.25, -0.2) is 4.98 Å². The number of carbonyl (C=O) groups is 1. The standard InChI is InChI=1S/C16H20N4O2S/c1-19-5-10-6-20(7-12(19)9-22-8-10)15(21)11-2-3-14-13(4-11)18-16(17)23-14/h2-4,10,12H,5-9H2,1H3,(H2,17,18)/t10-,12+/m1/s1. The van der Waals surface area contributed by atoms with Crippen LogP contribution in [0.15, 0.2) is 18.2 Å². The van der Waals surface area contributed by atoms with Crippen molar-refractivity contribution < 1.29 is 9.53 Å². The lowest BCUT2D eigenvalue weighted by Gasteiger charge is -2.29. The number of aromatic nitrogens is 1. The molecule has 23 heavy (non-hydrogen) atoms. The van der Waals surface area contributed by atoms with E-state index in [9.17, 15) is 4.79 Å². The maximum atomic E-state index is 13.0. The van der Waals surface area contributed by atoms with Crippen LogP contribution in [0, 0.1) is 5.92 Å². The summed E-state index contributed by atoms with van der Waals surface area (Å²) in [5.41, 5.74) is 7.24. The van der Waals surface area contributed by atoms with Crippen LogP contribution in [0.4, 0.5) is 5.13 Å². The van der Waals surface area contributed by atoms with Gasteiger partial charge in [0, 0.05) is 31.1 Å². The highest BCUT2D eigenvalue weighted by Crippen LogP contribution is 2.26. The molecular formula is C16H20N4O2S. The largest absolute Gasteiger partial charge is 0.379 e. The molecule has 2 aliphatic heterocycles. The number of fused-ring (bicyclic) bond motifs is 4. The van der Waals surface area contributed by atoms with Crippen LogP contribution >= 0.6 is 11.3 Å². The van der Waals surface area contributed by atoms with E-state index in [0.717, 1.165) is 29.9 Å². The van der Waals surface area contributed by atoms with Crippen LogP contribution in [0.2, 0.25) is 0 Å². The summed E-state index contributed by atoms with van der Waals surface area (Å²) >= 11 is 1.44. The number of hydrogen-bond donors (Lipinski definition) is 1. The first kappa shape index (κ1) is 14.9. The minimum absolute atomic E-state index is 0.0747. The molecule has 6 nitrogen and oxygen atoms in total. The first-order chi connectivity index (χ1) is 11.1. The number of anilines is 1. The zero-order valence-electron chi connectivity index (χ0n) is 13.1. The van der Waals surface area contributed by atoms with Crippen molar-refractivity contribution in [3.8, 4) is 0 Å². The summed E-state index contributed by atoms with van der Waals surface area (Å²) in [5.74, 6) is 0.445. The first-order valence-corrected chi connectivity index (χ1v) is 8.65. The number of ether oxygens (including phenoxy) is 1. The van der Waals surface area contributed by atoms with Gasteiger partial charge in [0.2, 0.25) is 0 Å². The van der Waals surface area contributed by atoms with E-state index in [0.29, 0.717) is 29.8 Å². The van der Waals surface area contributed by atoms with Crippen LogP contribution in [0.5, 0.6) is 0 Å². The second kappa shape index (κ2) is 5.74. The fourth-order valence-electron chi connectivity index (χ4n) is 3.48. The number of nitrogens with zero attached hydrogens (tertiary/aromatic N) is 3. The molecule has 4 rings (SSSR count). The summed E-state index contributed by atoms with van der Waals surface area (Å²) in [6.07, 6.45) is 0. The maximum absolute atomic E-state index is 13.0. The van der Waals surface area contributed by atoms with Gasteiger partial charge in [0.05, 0.1) is 29.5 Å². The molecule has 0 radical (unpaired) electrons. The summed E-state index contributed by atoms with van der Waals surface area (Å²) < 4.78 is 6.74. The molecule has 1 aromatic carbocycles. The number of carbonyl (C=O) groups excluding carboxylic acids is 1. The van der Waals surface area contributed by atoms with E-state index in [1.807, 2.05) is 23.1 Å². The van der Waals surface area contributed by atoms with Gasteiger partial charge in [-0.3, -0.25) is 9.69 Å². The van der Waals surface area contributed by atoms with E-state index in [2.05, 4.69) is 16.9 Å². The summed E-state index contributed by atoms with van der Waals surface area (Å²) in [6, 6.07) is 5.93. The molecule has 0 unspecified atom stereocenters. The molecule has 0 aliphatic carbocycles. The number of nitrogen functional groups attached to an aromatic ring is 1. The first-order valence-electron chi connectivity index (χ1n) is 7.83. The molecule has 2 aromatic rings. The molecule has 2 bridgehead atoms. The lowest BCUT2D eigenvalue weighted by atomic mass is 10.1. The molecule has 2 atom stereocenters. The number of thiazole rings is 1. The predicted molar refractivity (Wildman–Crippen MR) is 90.7 cm³/mol. The van der Waals surface area contributed by atoms with Gasteiger partial charge in [0.1, 0.15) is 0 Å². The van der Waals surface area contributed by atoms with Gasteiger partial charge < -0.3 is 15.4 Å². The van der Waals surface area contributed by atoms with Gasteiger partial charge >= 0.3 is 0 Å². The third kappa shape index (κ3) is 2.80. The fourth-order valence-corrected chi connectivity index (χ4v) is 4.19. The summed E-state index contributed by atoms with van der Waals surface area (Å²) in [5, 5.41) is 0.535. The van der Waals surface area contributed by atoms with E-state index in [1.54, 1.807) is 0 Å². The Balaban J connectivity index is 1.62. The van der Waals surface area contributed by atoms with Crippen LogP contribution in [0.3, 0.4) is 0 Å². The lowest BCUT2D eigenvalue weighted by molar-refractivity contribution is 0.0434. The topological polar surface area (TPSA) is 71.7 Å². The number of likely N-dealkylation sites (N-methyl/N-ethyl adjacent to an activating group) is 1. The van der Waals surface area contributed by atoms with Gasteiger partial charge in [0.25, 0.3) is 5.91 Å². The number of nitrogens with two attached hydrogens (primary N) is 1. The normalized spacial score (nSPS) is 25.5. The van der Waals surface area contributed by atoms with Gasteiger partial charge in [0.15, 0.2) is 5.13 Å². The molecule has 122 valence electrons. The Hall–Kier alpha value is -1.70. The fraction of sp³-hybridized carbons (Fsp3) is 0.500. The van der Waals surface area contributed by atoms with Gasteiger partial charge in [-0.1, -0.05) is 11.3 Å². The Labute approximate surface area is 138 Å². The molecule has 2 saturated heterocycles. The number of benzene rings is 1. The molecule has 0 spiro atoms. The van der Waals surface area contributed by atoms with Crippen molar-refractivity contribution in [3.63, 3.8) is 0 Å². The lowest BCUT2D eigenvalue weighted by Crippen LogP contribution is -2.44. The van der Waals surface area contributed by atoms with Gasteiger partial charge in [-0.2, -0.15) is 0 Å². The molecule has 1 aromatic heterocycles. The molecule has 2 fully saturated rings. The Morgan fingerprint density at radius 2 is 2.22 bits per heavy atom. The summed E-state index contributed by atoms with van der Waals surface area (Å²) in [7, 11) is 2.12. The second-order valence-electron chi connectivity index (χ2n) is 6.44. The summed E-state index contributed by atoms with van der Waals surface area (Å²) in [6.45, 7) is 3.86. The zero-order valence-corrected chi connectivity index (χ0v) is 13.9. The highest BCUT2D eigenvalue weighted by atomic mass is 32.1. The van der Waals surface area contributed by atoms with E-state index in [-0.39, 0.29) is 11.9 Å². The van der Waals surface area contributed by atoms with E-state index in [1.165, 1.54) is 11.3 Å². The molecule has 2 N–H and O–H groups in total. The molecule has 0 saturated carbocycles. The van der Waals surface area contributed by atoms with Crippen molar-refractivity contribution in [2.24, 2.45) is 5.92 Å². The van der Waals surface area contributed by atoms with Crippen molar-refractivity contribution in [2.45, 2.75) is 6.04 Å². The Morgan fingerprint density at radius 3 is 3.09 bits per heavy atom. The van der Waals surface area contributed by atoms with Crippen molar-refractivity contribution in [1.29, 1.82) is 0 Å². The minimum atomic E-state index is 0.0747. The maximum Gasteiger partial charge on any atom is 0.253 e. The average molecular weight is 332 g/mol. The SMILES string of the molecule is CN1C[C@H]2COC[C@@H]1CN(C(=O)c1ccc3sc(N)nc3c1)C2. The van der Waals surface area contributed by atoms with Crippen LogP contribution in [0.1, 0.15) is 10.4 Å². The van der Waals surface area contributed by atoms with E-state index in [4.69, 9.17) is 10.5 Å².